The summed E-state index contributed by atoms with van der Waals surface area (Å²) in [4.78, 5) is 14.2. The van der Waals surface area contributed by atoms with E-state index >= 15 is 0 Å². The van der Waals surface area contributed by atoms with Crippen molar-refractivity contribution in [2.24, 2.45) is 0 Å². The Balaban J connectivity index is 2.02. The molecule has 1 N–H and O–H groups in total. The van der Waals surface area contributed by atoms with Gasteiger partial charge in [0.2, 0.25) is 0 Å². The number of rotatable bonds is 4. The van der Waals surface area contributed by atoms with Crippen LogP contribution in [0.25, 0.3) is 0 Å². The van der Waals surface area contributed by atoms with Crippen molar-refractivity contribution in [2.45, 2.75) is 32.2 Å². The molecule has 1 fully saturated rings. The van der Waals surface area contributed by atoms with Crippen molar-refractivity contribution in [1.29, 1.82) is 0 Å². The fourth-order valence-corrected chi connectivity index (χ4v) is 2.67. The number of ether oxygens (including phenoxy) is 1. The Kier molecular flexibility index (Phi) is 5.01. The van der Waals surface area contributed by atoms with E-state index in [4.69, 9.17) is 4.74 Å². The van der Waals surface area contributed by atoms with E-state index in [9.17, 15) is 4.79 Å². The number of hydrogen-bond donors (Lipinski definition) is 1. The molecule has 1 aliphatic rings. The quantitative estimate of drug-likeness (QED) is 0.917. The molecular weight excluding hydrogens is 252 g/mol. The average molecular weight is 276 g/mol. The number of likely N-dealkylation sites (N-methyl/N-ethyl adjacent to an activating group) is 1. The van der Waals surface area contributed by atoms with Gasteiger partial charge in [-0.05, 0) is 44.0 Å². The van der Waals surface area contributed by atoms with Gasteiger partial charge in [-0.2, -0.15) is 0 Å². The zero-order valence-electron chi connectivity index (χ0n) is 12.6. The molecule has 1 saturated heterocycles. The summed E-state index contributed by atoms with van der Waals surface area (Å²) in [7, 11) is 3.50. The van der Waals surface area contributed by atoms with Gasteiger partial charge in [-0.15, -0.1) is 0 Å². The number of piperidine rings is 1. The SMILES string of the molecule is COc1cc(C(=O)N(C)CC2CCCCN2)ccc1C. The second-order valence-electron chi connectivity index (χ2n) is 5.52. The van der Waals surface area contributed by atoms with Crippen molar-refractivity contribution in [1.82, 2.24) is 10.2 Å². The monoisotopic (exact) mass is 276 g/mol. The van der Waals surface area contributed by atoms with Crippen LogP contribution in [0.4, 0.5) is 0 Å². The largest absolute Gasteiger partial charge is 0.496 e. The van der Waals surface area contributed by atoms with Gasteiger partial charge in [-0.1, -0.05) is 12.5 Å². The van der Waals surface area contributed by atoms with Crippen LogP contribution in [0.1, 0.15) is 35.2 Å². The zero-order valence-corrected chi connectivity index (χ0v) is 12.6. The summed E-state index contributed by atoms with van der Waals surface area (Å²) in [6.45, 7) is 3.79. The van der Waals surface area contributed by atoms with E-state index in [0.29, 0.717) is 11.6 Å². The molecule has 1 aromatic rings. The first kappa shape index (κ1) is 14.9. The van der Waals surface area contributed by atoms with Gasteiger partial charge < -0.3 is 15.0 Å². The Hall–Kier alpha value is -1.55. The Morgan fingerprint density at radius 1 is 1.45 bits per heavy atom. The van der Waals surface area contributed by atoms with E-state index in [1.165, 1.54) is 12.8 Å². The van der Waals surface area contributed by atoms with Crippen molar-refractivity contribution in [3.63, 3.8) is 0 Å². The summed E-state index contributed by atoms with van der Waals surface area (Å²) in [6, 6.07) is 6.04. The minimum Gasteiger partial charge on any atom is -0.496 e. The molecule has 110 valence electrons. The van der Waals surface area contributed by atoms with Crippen LogP contribution in [0.2, 0.25) is 0 Å². The topological polar surface area (TPSA) is 41.6 Å². The maximum Gasteiger partial charge on any atom is 0.253 e. The maximum atomic E-state index is 12.4. The second kappa shape index (κ2) is 6.75. The number of aryl methyl sites for hydroxylation is 1. The van der Waals surface area contributed by atoms with E-state index < -0.39 is 0 Å². The van der Waals surface area contributed by atoms with Crippen molar-refractivity contribution >= 4 is 5.91 Å². The first-order valence-electron chi connectivity index (χ1n) is 7.25. The van der Waals surface area contributed by atoms with Gasteiger partial charge in [-0.25, -0.2) is 0 Å². The maximum absolute atomic E-state index is 12.4. The Morgan fingerprint density at radius 3 is 2.90 bits per heavy atom. The first-order chi connectivity index (χ1) is 9.61. The van der Waals surface area contributed by atoms with Crippen molar-refractivity contribution < 1.29 is 9.53 Å². The third-order valence-electron chi connectivity index (χ3n) is 3.91. The van der Waals surface area contributed by atoms with E-state index in [1.54, 1.807) is 12.0 Å². The molecular formula is C16H24N2O2. The lowest BCUT2D eigenvalue weighted by atomic mass is 10.0. The molecule has 1 amide bonds. The molecule has 4 nitrogen and oxygen atoms in total. The number of hydrogen-bond acceptors (Lipinski definition) is 3. The molecule has 1 unspecified atom stereocenters. The summed E-state index contributed by atoms with van der Waals surface area (Å²) >= 11 is 0. The molecule has 0 spiro atoms. The smallest absolute Gasteiger partial charge is 0.253 e. The van der Waals surface area contributed by atoms with E-state index in [0.717, 1.165) is 30.8 Å². The van der Waals surface area contributed by atoms with E-state index in [1.807, 2.05) is 32.2 Å². The fourth-order valence-electron chi connectivity index (χ4n) is 2.67. The van der Waals surface area contributed by atoms with Crippen LogP contribution in [0, 0.1) is 6.92 Å². The second-order valence-corrected chi connectivity index (χ2v) is 5.52. The summed E-state index contributed by atoms with van der Waals surface area (Å²) in [5.41, 5.74) is 1.73. The molecule has 1 atom stereocenters. The predicted octanol–water partition coefficient (Wildman–Crippen LogP) is 2.22. The third kappa shape index (κ3) is 3.51. The van der Waals surface area contributed by atoms with Crippen LogP contribution in [0.3, 0.4) is 0 Å². The highest BCUT2D eigenvalue weighted by molar-refractivity contribution is 5.94. The van der Waals surface area contributed by atoms with Gasteiger partial charge in [0, 0.05) is 25.2 Å². The minimum absolute atomic E-state index is 0.0515. The molecule has 1 heterocycles. The average Bonchev–Trinajstić information content (AvgIpc) is 2.48. The number of nitrogens with one attached hydrogen (secondary N) is 1. The highest BCUT2D eigenvalue weighted by atomic mass is 16.5. The number of carbonyl (C=O) groups is 1. The van der Waals surface area contributed by atoms with Crippen LogP contribution < -0.4 is 10.1 Å². The number of amides is 1. The Bertz CT molecular complexity index is 468. The summed E-state index contributed by atoms with van der Waals surface area (Å²) < 4.78 is 5.28. The third-order valence-corrected chi connectivity index (χ3v) is 3.91. The van der Waals surface area contributed by atoms with Crippen molar-refractivity contribution in [3.05, 3.63) is 29.3 Å². The van der Waals surface area contributed by atoms with Gasteiger partial charge in [0.05, 0.1) is 7.11 Å². The van der Waals surface area contributed by atoms with Crippen molar-refractivity contribution in [2.75, 3.05) is 27.2 Å². The molecule has 0 aliphatic carbocycles. The number of methoxy groups -OCH3 is 1. The molecule has 0 radical (unpaired) electrons. The van der Waals surface area contributed by atoms with Crippen LogP contribution in [-0.2, 0) is 0 Å². The molecule has 4 heteroatoms. The Labute approximate surface area is 121 Å². The molecule has 0 saturated carbocycles. The number of benzene rings is 1. The molecule has 1 aromatic carbocycles. The lowest BCUT2D eigenvalue weighted by molar-refractivity contribution is 0.0775. The zero-order chi connectivity index (χ0) is 14.5. The normalized spacial score (nSPS) is 18.6. The summed E-state index contributed by atoms with van der Waals surface area (Å²) in [5, 5.41) is 3.47. The summed E-state index contributed by atoms with van der Waals surface area (Å²) in [5.74, 6) is 0.815. The molecule has 1 aliphatic heterocycles. The van der Waals surface area contributed by atoms with Crippen molar-refractivity contribution in [3.8, 4) is 5.75 Å². The van der Waals surface area contributed by atoms with Gasteiger partial charge in [0.25, 0.3) is 5.91 Å². The standard InChI is InChI=1S/C16H24N2O2/c1-12-7-8-13(10-15(12)20-3)16(19)18(2)11-14-6-4-5-9-17-14/h7-8,10,14,17H,4-6,9,11H2,1-3H3. The van der Waals surface area contributed by atoms with Gasteiger partial charge >= 0.3 is 0 Å². The van der Waals surface area contributed by atoms with Crippen LogP contribution in [0.15, 0.2) is 18.2 Å². The molecule has 0 aromatic heterocycles. The van der Waals surface area contributed by atoms with Crippen LogP contribution in [0.5, 0.6) is 5.75 Å². The molecule has 20 heavy (non-hydrogen) atoms. The lowest BCUT2D eigenvalue weighted by Gasteiger charge is -2.28. The first-order valence-corrected chi connectivity index (χ1v) is 7.25. The number of nitrogens with zero attached hydrogens (tertiary/aromatic N) is 1. The fraction of sp³-hybridized carbons (Fsp3) is 0.562. The Morgan fingerprint density at radius 2 is 2.25 bits per heavy atom. The number of carbonyl (C=O) groups excluding carboxylic acids is 1. The predicted molar refractivity (Wildman–Crippen MR) is 80.3 cm³/mol. The van der Waals surface area contributed by atoms with Gasteiger partial charge in [-0.3, -0.25) is 4.79 Å². The molecule has 0 bridgehead atoms. The van der Waals surface area contributed by atoms with E-state index in [2.05, 4.69) is 5.32 Å². The summed E-state index contributed by atoms with van der Waals surface area (Å²) in [6.07, 6.45) is 3.64. The lowest BCUT2D eigenvalue weighted by Crippen LogP contribution is -2.44. The highest BCUT2D eigenvalue weighted by Crippen LogP contribution is 2.20. The molecule has 2 rings (SSSR count). The minimum atomic E-state index is 0.0515. The van der Waals surface area contributed by atoms with Gasteiger partial charge in [0.1, 0.15) is 5.75 Å². The van der Waals surface area contributed by atoms with Crippen LogP contribution in [-0.4, -0.2) is 44.1 Å². The highest BCUT2D eigenvalue weighted by Gasteiger charge is 2.19. The van der Waals surface area contributed by atoms with Crippen LogP contribution >= 0.6 is 0 Å². The van der Waals surface area contributed by atoms with Gasteiger partial charge in [0.15, 0.2) is 0 Å². The van der Waals surface area contributed by atoms with E-state index in [-0.39, 0.29) is 5.91 Å².